The summed E-state index contributed by atoms with van der Waals surface area (Å²) >= 11 is 0. The minimum atomic E-state index is -0.627. The molecule has 0 saturated carbocycles. The van der Waals surface area contributed by atoms with E-state index in [4.69, 9.17) is 9.47 Å². The van der Waals surface area contributed by atoms with Crippen molar-refractivity contribution in [1.29, 1.82) is 0 Å². The van der Waals surface area contributed by atoms with Crippen LogP contribution in [-0.4, -0.2) is 59.9 Å². The van der Waals surface area contributed by atoms with E-state index in [0.717, 1.165) is 11.1 Å². The Morgan fingerprint density at radius 1 is 1.06 bits per heavy atom. The molecule has 2 aliphatic heterocycles. The number of amides is 3. The first-order valence-electron chi connectivity index (χ1n) is 12.2. The van der Waals surface area contributed by atoms with Gasteiger partial charge >= 0.3 is 0 Å². The van der Waals surface area contributed by atoms with Gasteiger partial charge in [0.05, 0.1) is 6.54 Å². The van der Waals surface area contributed by atoms with Crippen molar-refractivity contribution in [3.8, 4) is 11.5 Å². The maximum atomic E-state index is 13.6. The van der Waals surface area contributed by atoms with Crippen LogP contribution in [0.2, 0.25) is 0 Å². The van der Waals surface area contributed by atoms with Crippen LogP contribution in [0.25, 0.3) is 0 Å². The molecule has 1 atom stereocenters. The summed E-state index contributed by atoms with van der Waals surface area (Å²) in [5, 5.41) is 2.84. The zero-order chi connectivity index (χ0) is 24.9. The van der Waals surface area contributed by atoms with Gasteiger partial charge < -0.3 is 24.6 Å². The maximum Gasteiger partial charge on any atom is 0.246 e. The van der Waals surface area contributed by atoms with Crippen LogP contribution in [0.5, 0.6) is 11.5 Å². The van der Waals surface area contributed by atoms with E-state index < -0.39 is 6.04 Å². The van der Waals surface area contributed by atoms with Crippen LogP contribution >= 0.6 is 0 Å². The lowest BCUT2D eigenvalue weighted by atomic mass is 9.92. The van der Waals surface area contributed by atoms with Gasteiger partial charge in [0.15, 0.2) is 11.5 Å². The normalized spacial score (nSPS) is 16.5. The molecule has 0 saturated heterocycles. The summed E-state index contributed by atoms with van der Waals surface area (Å²) in [6, 6.07) is 12.5. The van der Waals surface area contributed by atoms with Crippen LogP contribution in [0.3, 0.4) is 0 Å². The summed E-state index contributed by atoms with van der Waals surface area (Å²) in [6.07, 6.45) is 0.821. The van der Waals surface area contributed by atoms with Gasteiger partial charge in [0.1, 0.15) is 19.3 Å². The highest BCUT2D eigenvalue weighted by molar-refractivity contribution is 5.96. The minimum Gasteiger partial charge on any atom is -0.486 e. The van der Waals surface area contributed by atoms with E-state index in [9.17, 15) is 14.4 Å². The summed E-state index contributed by atoms with van der Waals surface area (Å²) < 4.78 is 11.1. The predicted octanol–water partition coefficient (Wildman–Crippen LogP) is 3.24. The van der Waals surface area contributed by atoms with E-state index in [-0.39, 0.29) is 30.2 Å². The molecule has 8 heteroatoms. The Kier molecular flexibility index (Phi) is 7.58. The van der Waals surface area contributed by atoms with Gasteiger partial charge in [0.25, 0.3) is 0 Å². The highest BCUT2D eigenvalue weighted by Gasteiger charge is 2.37. The van der Waals surface area contributed by atoms with Gasteiger partial charge in [0, 0.05) is 37.7 Å². The van der Waals surface area contributed by atoms with Gasteiger partial charge in [-0.1, -0.05) is 38.1 Å². The van der Waals surface area contributed by atoms with Crippen molar-refractivity contribution in [3.63, 3.8) is 0 Å². The number of hydrogen-bond donors (Lipinski definition) is 1. The molecule has 2 aliphatic rings. The first kappa shape index (κ1) is 24.6. The molecule has 35 heavy (non-hydrogen) atoms. The molecule has 186 valence electrons. The Morgan fingerprint density at radius 3 is 2.49 bits per heavy atom. The number of fused-ring (bicyclic) bond motifs is 2. The number of hydrogen-bond acceptors (Lipinski definition) is 5. The van der Waals surface area contributed by atoms with Crippen molar-refractivity contribution in [2.45, 2.75) is 46.2 Å². The highest BCUT2D eigenvalue weighted by atomic mass is 16.6. The third kappa shape index (κ3) is 5.75. The van der Waals surface area contributed by atoms with Crippen molar-refractivity contribution in [2.24, 2.45) is 5.92 Å². The number of benzene rings is 2. The number of nitrogens with zero attached hydrogens (tertiary/aromatic N) is 2. The number of carbonyl (C=O) groups excluding carboxylic acids is 3. The minimum absolute atomic E-state index is 0.0374. The average molecular weight is 480 g/mol. The lowest BCUT2D eigenvalue weighted by Gasteiger charge is -2.38. The molecular formula is C27H33N3O5. The number of nitrogens with one attached hydrogen (secondary N) is 1. The molecule has 0 radical (unpaired) electrons. The smallest absolute Gasteiger partial charge is 0.246 e. The van der Waals surface area contributed by atoms with Crippen LogP contribution in [-0.2, 0) is 27.3 Å². The fourth-order valence-electron chi connectivity index (χ4n) is 4.52. The predicted molar refractivity (Wildman–Crippen MR) is 132 cm³/mol. The second-order valence-corrected chi connectivity index (χ2v) is 9.37. The van der Waals surface area contributed by atoms with Crippen LogP contribution in [0.1, 0.15) is 38.3 Å². The summed E-state index contributed by atoms with van der Waals surface area (Å²) in [5.74, 6) is 0.852. The van der Waals surface area contributed by atoms with E-state index in [2.05, 4.69) is 5.32 Å². The molecule has 0 aromatic heterocycles. The zero-order valence-electron chi connectivity index (χ0n) is 20.6. The van der Waals surface area contributed by atoms with E-state index in [1.54, 1.807) is 23.1 Å². The van der Waals surface area contributed by atoms with E-state index in [0.29, 0.717) is 56.3 Å². The van der Waals surface area contributed by atoms with Crippen LogP contribution in [0, 0.1) is 5.92 Å². The van der Waals surface area contributed by atoms with Gasteiger partial charge in [-0.3, -0.25) is 14.4 Å². The third-order valence-electron chi connectivity index (χ3n) is 6.29. The van der Waals surface area contributed by atoms with Crippen molar-refractivity contribution in [2.75, 3.05) is 31.6 Å². The van der Waals surface area contributed by atoms with E-state index in [1.807, 2.05) is 45.0 Å². The second kappa shape index (κ2) is 10.8. The molecule has 1 unspecified atom stereocenters. The summed E-state index contributed by atoms with van der Waals surface area (Å²) in [7, 11) is 0. The molecular weight excluding hydrogens is 446 g/mol. The average Bonchev–Trinajstić information content (AvgIpc) is 2.85. The molecule has 2 heterocycles. The Labute approximate surface area is 206 Å². The third-order valence-corrected chi connectivity index (χ3v) is 6.29. The fourth-order valence-corrected chi connectivity index (χ4v) is 4.52. The molecule has 0 fully saturated rings. The van der Waals surface area contributed by atoms with E-state index >= 15 is 0 Å². The molecule has 0 bridgehead atoms. The Bertz CT molecular complexity index is 1100. The lowest BCUT2D eigenvalue weighted by Crippen LogP contribution is -2.54. The molecule has 8 nitrogen and oxygen atoms in total. The van der Waals surface area contributed by atoms with Gasteiger partial charge in [0.2, 0.25) is 17.7 Å². The maximum absolute atomic E-state index is 13.6. The summed E-state index contributed by atoms with van der Waals surface area (Å²) in [4.78, 5) is 42.8. The molecule has 0 spiro atoms. The lowest BCUT2D eigenvalue weighted by molar-refractivity contribution is -0.148. The second-order valence-electron chi connectivity index (χ2n) is 9.37. The van der Waals surface area contributed by atoms with Gasteiger partial charge in [-0.15, -0.1) is 0 Å². The molecule has 4 rings (SSSR count). The first-order valence-corrected chi connectivity index (χ1v) is 12.2. The number of likely N-dealkylation sites (N-methyl/N-ethyl adjacent to an activating group) is 1. The van der Waals surface area contributed by atoms with Crippen molar-refractivity contribution < 1.29 is 23.9 Å². The standard InChI is InChI=1S/C27H33N3O5/c1-4-29(17-25(31)28-21-9-10-23-24(15-21)35-12-11-34-23)27(33)22-14-19-7-5-6-8-20(19)16-30(22)26(32)13-18(2)3/h5-10,15,18,22H,4,11-14,16-17H2,1-3H3,(H,28,31). The number of ether oxygens (including phenoxy) is 2. The highest BCUT2D eigenvalue weighted by Crippen LogP contribution is 2.32. The molecule has 2 aromatic rings. The Hall–Kier alpha value is -3.55. The van der Waals surface area contributed by atoms with E-state index in [1.165, 1.54) is 4.90 Å². The van der Waals surface area contributed by atoms with Crippen molar-refractivity contribution in [3.05, 3.63) is 53.6 Å². The molecule has 3 amide bonds. The summed E-state index contributed by atoms with van der Waals surface area (Å²) in [6.45, 7) is 7.44. The number of rotatable bonds is 7. The van der Waals surface area contributed by atoms with Crippen LogP contribution in [0.15, 0.2) is 42.5 Å². The Morgan fingerprint density at radius 2 is 1.77 bits per heavy atom. The monoisotopic (exact) mass is 479 g/mol. The number of anilines is 1. The topological polar surface area (TPSA) is 88.2 Å². The molecule has 0 aliphatic carbocycles. The SMILES string of the molecule is CCN(CC(=O)Nc1ccc2c(c1)OCCO2)C(=O)C1Cc2ccccc2CN1C(=O)CC(C)C. The van der Waals surface area contributed by atoms with Crippen molar-refractivity contribution in [1.82, 2.24) is 9.80 Å². The number of carbonyl (C=O) groups is 3. The molecule has 1 N–H and O–H groups in total. The fraction of sp³-hybridized carbons (Fsp3) is 0.444. The zero-order valence-corrected chi connectivity index (χ0v) is 20.6. The molecule has 2 aromatic carbocycles. The quantitative estimate of drug-likeness (QED) is 0.659. The summed E-state index contributed by atoms with van der Waals surface area (Å²) in [5.41, 5.74) is 2.70. The van der Waals surface area contributed by atoms with Gasteiger partial charge in [-0.25, -0.2) is 0 Å². The van der Waals surface area contributed by atoms with Crippen LogP contribution in [0.4, 0.5) is 5.69 Å². The van der Waals surface area contributed by atoms with Crippen molar-refractivity contribution >= 4 is 23.4 Å². The van der Waals surface area contributed by atoms with Gasteiger partial charge in [-0.05, 0) is 36.1 Å². The largest absolute Gasteiger partial charge is 0.486 e. The van der Waals surface area contributed by atoms with Gasteiger partial charge in [-0.2, -0.15) is 0 Å². The van der Waals surface area contributed by atoms with Crippen LogP contribution < -0.4 is 14.8 Å². The first-order chi connectivity index (χ1) is 16.9. The Balaban J connectivity index is 1.47.